The van der Waals surface area contributed by atoms with Crippen LogP contribution in [0.5, 0.6) is 5.75 Å². The summed E-state index contributed by atoms with van der Waals surface area (Å²) in [5.41, 5.74) is 1.98. The summed E-state index contributed by atoms with van der Waals surface area (Å²) in [7, 11) is 1.75. The topological polar surface area (TPSA) is 123 Å². The van der Waals surface area contributed by atoms with Crippen molar-refractivity contribution in [1.29, 1.82) is 0 Å². The van der Waals surface area contributed by atoms with Gasteiger partial charge in [0.25, 0.3) is 11.8 Å². The second kappa shape index (κ2) is 11.3. The monoisotopic (exact) mass is 532 g/mol. The predicted molar refractivity (Wildman–Crippen MR) is 143 cm³/mol. The van der Waals surface area contributed by atoms with E-state index in [1.165, 1.54) is 6.07 Å². The molecular weight excluding hydrogens is 500 g/mol. The van der Waals surface area contributed by atoms with Crippen LogP contribution in [0.3, 0.4) is 0 Å². The van der Waals surface area contributed by atoms with Gasteiger partial charge < -0.3 is 29.5 Å². The van der Waals surface area contributed by atoms with Gasteiger partial charge in [-0.2, -0.15) is 0 Å². The number of benzene rings is 2. The number of aromatic nitrogens is 1. The zero-order valence-corrected chi connectivity index (χ0v) is 22.2. The maximum absolute atomic E-state index is 13.5. The molecule has 1 aromatic heterocycles. The molecule has 0 bridgehead atoms. The Morgan fingerprint density at radius 3 is 2.67 bits per heavy atom. The van der Waals surface area contributed by atoms with Crippen LogP contribution in [0.15, 0.2) is 59.1 Å². The van der Waals surface area contributed by atoms with Gasteiger partial charge in [0, 0.05) is 18.8 Å². The fourth-order valence-electron chi connectivity index (χ4n) is 5.11. The largest absolute Gasteiger partial charge is 0.490 e. The van der Waals surface area contributed by atoms with E-state index in [2.05, 4.69) is 15.8 Å². The average molecular weight is 533 g/mol. The molecule has 1 fully saturated rings. The molecule has 10 heteroatoms. The first-order valence-electron chi connectivity index (χ1n) is 13.1. The predicted octanol–water partition coefficient (Wildman–Crippen LogP) is 3.88. The lowest BCUT2D eigenvalue weighted by Crippen LogP contribution is -2.54. The molecule has 1 saturated heterocycles. The van der Waals surface area contributed by atoms with Gasteiger partial charge in [-0.15, -0.1) is 0 Å². The number of hydrogen-bond donors (Lipinski definition) is 2. The Kier molecular flexibility index (Phi) is 7.65. The summed E-state index contributed by atoms with van der Waals surface area (Å²) < 4.78 is 17.3. The van der Waals surface area contributed by atoms with Crippen molar-refractivity contribution in [2.45, 2.75) is 57.4 Å². The molecule has 5 rings (SSSR count). The van der Waals surface area contributed by atoms with Crippen LogP contribution in [0.2, 0.25) is 0 Å². The van der Waals surface area contributed by atoms with Gasteiger partial charge in [-0.25, -0.2) is 0 Å². The number of anilines is 1. The first-order chi connectivity index (χ1) is 18.8. The lowest BCUT2D eigenvalue weighted by Gasteiger charge is -2.42. The van der Waals surface area contributed by atoms with Gasteiger partial charge in [-0.05, 0) is 50.5 Å². The van der Waals surface area contributed by atoms with Crippen molar-refractivity contribution in [1.82, 2.24) is 15.4 Å². The van der Waals surface area contributed by atoms with Crippen molar-refractivity contribution in [3.63, 3.8) is 0 Å². The summed E-state index contributed by atoms with van der Waals surface area (Å²) in [4.78, 5) is 40.3. The van der Waals surface area contributed by atoms with Gasteiger partial charge >= 0.3 is 0 Å². The molecule has 3 amide bonds. The van der Waals surface area contributed by atoms with Crippen molar-refractivity contribution in [3.05, 3.63) is 77.2 Å². The third kappa shape index (κ3) is 5.96. The Hall–Kier alpha value is -4.18. The Morgan fingerprint density at radius 2 is 1.92 bits per heavy atom. The summed E-state index contributed by atoms with van der Waals surface area (Å²) >= 11 is 0. The third-order valence-corrected chi connectivity index (χ3v) is 7.22. The average Bonchev–Trinajstić information content (AvgIpc) is 3.38. The molecule has 0 aliphatic carbocycles. The van der Waals surface area contributed by atoms with Crippen LogP contribution in [-0.4, -0.2) is 59.7 Å². The minimum absolute atomic E-state index is 0.0771. The SMILES string of the molecule is Cc1cc(C(=O)Nc2ccc3c(c2)C(=O)N(C)[C@H]2CC[C@H](CC(=O)N[C@H](C)c4ccccc4)O[C@@H]2CO3)no1. The van der Waals surface area contributed by atoms with Crippen LogP contribution >= 0.6 is 0 Å². The molecule has 0 radical (unpaired) electrons. The quantitative estimate of drug-likeness (QED) is 0.494. The molecule has 204 valence electrons. The third-order valence-electron chi connectivity index (χ3n) is 7.22. The number of hydrogen-bond acceptors (Lipinski definition) is 7. The molecule has 2 aromatic carbocycles. The zero-order valence-electron chi connectivity index (χ0n) is 22.2. The molecule has 10 nitrogen and oxygen atoms in total. The van der Waals surface area contributed by atoms with E-state index in [1.807, 2.05) is 37.3 Å². The van der Waals surface area contributed by atoms with Gasteiger partial charge in [-0.1, -0.05) is 35.5 Å². The smallest absolute Gasteiger partial charge is 0.277 e. The van der Waals surface area contributed by atoms with E-state index in [0.29, 0.717) is 35.6 Å². The number of ether oxygens (including phenoxy) is 2. The highest BCUT2D eigenvalue weighted by atomic mass is 16.5. The molecule has 2 aliphatic heterocycles. The van der Waals surface area contributed by atoms with Gasteiger partial charge in [0.15, 0.2) is 5.69 Å². The number of fused-ring (bicyclic) bond motifs is 2. The van der Waals surface area contributed by atoms with E-state index in [-0.39, 0.29) is 54.8 Å². The Bertz CT molecular complexity index is 1360. The number of aryl methyl sites for hydroxylation is 1. The molecule has 2 N–H and O–H groups in total. The van der Waals surface area contributed by atoms with Crippen LogP contribution in [0, 0.1) is 6.92 Å². The molecule has 0 saturated carbocycles. The van der Waals surface area contributed by atoms with E-state index in [4.69, 9.17) is 14.0 Å². The molecule has 3 heterocycles. The van der Waals surface area contributed by atoms with Crippen LogP contribution in [0.25, 0.3) is 0 Å². The van der Waals surface area contributed by atoms with Crippen molar-refractivity contribution < 1.29 is 28.4 Å². The molecular formula is C29H32N4O6. The van der Waals surface area contributed by atoms with E-state index in [9.17, 15) is 14.4 Å². The maximum atomic E-state index is 13.5. The number of nitrogens with one attached hydrogen (secondary N) is 2. The Labute approximate surface area is 226 Å². The Balaban J connectivity index is 1.23. The number of nitrogens with zero attached hydrogens (tertiary/aromatic N) is 2. The zero-order chi connectivity index (χ0) is 27.5. The summed E-state index contributed by atoms with van der Waals surface area (Å²) in [6, 6.07) is 16.0. The maximum Gasteiger partial charge on any atom is 0.277 e. The number of carbonyl (C=O) groups excluding carboxylic acids is 3. The summed E-state index contributed by atoms with van der Waals surface area (Å²) in [6.45, 7) is 3.89. The van der Waals surface area contributed by atoms with Gasteiger partial charge in [0.2, 0.25) is 5.91 Å². The molecule has 2 aliphatic rings. The van der Waals surface area contributed by atoms with Crippen LogP contribution in [-0.2, 0) is 9.53 Å². The molecule has 0 spiro atoms. The first-order valence-corrected chi connectivity index (χ1v) is 13.1. The summed E-state index contributed by atoms with van der Waals surface area (Å²) in [5.74, 6) is 0.183. The minimum Gasteiger partial charge on any atom is -0.490 e. The molecule has 3 aromatic rings. The Morgan fingerprint density at radius 1 is 1.13 bits per heavy atom. The van der Waals surface area contributed by atoms with Gasteiger partial charge in [-0.3, -0.25) is 14.4 Å². The fraction of sp³-hybridized carbons (Fsp3) is 0.379. The van der Waals surface area contributed by atoms with Crippen molar-refractivity contribution >= 4 is 23.4 Å². The highest BCUT2D eigenvalue weighted by molar-refractivity contribution is 6.04. The molecule has 0 unspecified atom stereocenters. The highest BCUT2D eigenvalue weighted by Gasteiger charge is 2.39. The van der Waals surface area contributed by atoms with Crippen LogP contribution < -0.4 is 15.4 Å². The fourth-order valence-corrected chi connectivity index (χ4v) is 5.11. The lowest BCUT2D eigenvalue weighted by molar-refractivity contribution is -0.134. The van der Waals surface area contributed by atoms with E-state index in [0.717, 1.165) is 5.56 Å². The summed E-state index contributed by atoms with van der Waals surface area (Å²) in [5, 5.41) is 9.51. The normalized spacial score (nSPS) is 21.5. The number of carbonyl (C=O) groups is 3. The van der Waals surface area contributed by atoms with Crippen molar-refractivity contribution in [2.75, 3.05) is 19.0 Å². The van der Waals surface area contributed by atoms with E-state index < -0.39 is 5.91 Å². The van der Waals surface area contributed by atoms with E-state index >= 15 is 0 Å². The second-order valence-corrected chi connectivity index (χ2v) is 10.1. The highest BCUT2D eigenvalue weighted by Crippen LogP contribution is 2.32. The van der Waals surface area contributed by atoms with Crippen LogP contribution in [0.4, 0.5) is 5.69 Å². The number of rotatable bonds is 6. The van der Waals surface area contributed by atoms with Gasteiger partial charge in [0.1, 0.15) is 24.2 Å². The lowest BCUT2D eigenvalue weighted by atomic mass is 9.94. The second-order valence-electron chi connectivity index (χ2n) is 10.1. The molecule has 4 atom stereocenters. The van der Waals surface area contributed by atoms with Crippen molar-refractivity contribution in [2.24, 2.45) is 0 Å². The number of likely N-dealkylation sites (N-methyl/N-ethyl adjacent to an activating group) is 1. The van der Waals surface area contributed by atoms with E-state index in [1.54, 1.807) is 37.1 Å². The molecule has 39 heavy (non-hydrogen) atoms. The number of amides is 3. The van der Waals surface area contributed by atoms with Crippen molar-refractivity contribution in [3.8, 4) is 5.75 Å². The van der Waals surface area contributed by atoms with Crippen LogP contribution in [0.1, 0.15) is 64.4 Å². The van der Waals surface area contributed by atoms with Gasteiger partial charge in [0.05, 0.1) is 30.2 Å². The minimum atomic E-state index is -0.437. The first kappa shape index (κ1) is 26.4. The standard InChI is InChI=1S/C29H32N4O6/c1-17-13-23(32-39-17)28(35)31-20-9-12-25-22(14-20)29(36)33(3)24-11-10-21(38-26(24)16-37-25)15-27(34)30-18(2)19-7-5-4-6-8-19/h4-9,12-14,18,21,24,26H,10-11,15-16H2,1-3H3,(H,30,34)(H,31,35)/t18-,21-,24+,26-/m1/s1. The summed E-state index contributed by atoms with van der Waals surface area (Å²) in [6.07, 6.45) is 0.923.